The molecule has 0 saturated carbocycles. The van der Waals surface area contributed by atoms with Crippen molar-refractivity contribution >= 4 is 29.2 Å². The number of ether oxygens (including phenoxy) is 2. The van der Waals surface area contributed by atoms with Crippen molar-refractivity contribution in [3.8, 4) is 11.5 Å². The van der Waals surface area contributed by atoms with Crippen molar-refractivity contribution in [2.75, 3.05) is 18.1 Å². The third-order valence-corrected chi connectivity index (χ3v) is 4.78. The lowest BCUT2D eigenvalue weighted by molar-refractivity contribution is -0.136. The number of pyridine rings is 1. The minimum absolute atomic E-state index is 0.0468. The van der Waals surface area contributed by atoms with Gasteiger partial charge in [-0.1, -0.05) is 24.6 Å². The van der Waals surface area contributed by atoms with E-state index >= 15 is 0 Å². The smallest absolute Gasteiger partial charge is 0.305 e. The van der Waals surface area contributed by atoms with E-state index in [0.717, 1.165) is 17.7 Å². The molecule has 1 amide bonds. The molecule has 1 aromatic heterocycles. The fraction of sp³-hybridized carbons (Fsp3) is 0.350. The second kappa shape index (κ2) is 8.48. The highest BCUT2D eigenvalue weighted by atomic mass is 35.5. The summed E-state index contributed by atoms with van der Waals surface area (Å²) < 4.78 is 11.5. The highest BCUT2D eigenvalue weighted by molar-refractivity contribution is 6.32. The fourth-order valence-corrected chi connectivity index (χ4v) is 3.08. The predicted octanol–water partition coefficient (Wildman–Crippen LogP) is 3.64. The number of carbonyl (C=O) groups excluding carboxylic acids is 1. The number of rotatable bonds is 7. The van der Waals surface area contributed by atoms with Crippen LogP contribution >= 0.6 is 11.6 Å². The third kappa shape index (κ3) is 4.36. The fourth-order valence-electron chi connectivity index (χ4n) is 2.88. The number of halogens is 1. The number of carbonyl (C=O) groups is 2. The van der Waals surface area contributed by atoms with Gasteiger partial charge in [-0.15, -0.1) is 0 Å². The minimum atomic E-state index is -0.984. The van der Waals surface area contributed by atoms with Gasteiger partial charge in [-0.3, -0.25) is 14.6 Å². The summed E-state index contributed by atoms with van der Waals surface area (Å²) in [6.07, 6.45) is 2.22. The Balaban J connectivity index is 1.82. The lowest BCUT2D eigenvalue weighted by Crippen LogP contribution is -2.40. The molecule has 0 radical (unpaired) electrons. The molecular weight excluding hydrogens is 384 g/mol. The number of benzene rings is 1. The lowest BCUT2D eigenvalue weighted by Gasteiger charge is -2.30. The van der Waals surface area contributed by atoms with E-state index < -0.39 is 5.97 Å². The number of aryl methyl sites for hydroxylation is 1. The molecule has 2 aromatic rings. The van der Waals surface area contributed by atoms with E-state index in [1.54, 1.807) is 12.1 Å². The number of aliphatic carboxylic acids is 1. The Morgan fingerprint density at radius 1 is 1.43 bits per heavy atom. The number of carboxylic acid groups (broad SMARTS) is 1. The number of hydrogen-bond donors (Lipinski definition) is 1. The van der Waals surface area contributed by atoms with Gasteiger partial charge in [-0.25, -0.2) is 0 Å². The van der Waals surface area contributed by atoms with E-state index in [1.165, 1.54) is 4.90 Å². The molecule has 3 rings (SSSR count). The average Bonchev–Trinajstić information content (AvgIpc) is 2.68. The zero-order valence-corrected chi connectivity index (χ0v) is 16.4. The van der Waals surface area contributed by atoms with Gasteiger partial charge in [-0.05, 0) is 31.0 Å². The number of fused-ring (bicyclic) bond motifs is 1. The van der Waals surface area contributed by atoms with Crippen molar-refractivity contribution in [1.82, 2.24) is 4.98 Å². The van der Waals surface area contributed by atoms with Crippen LogP contribution in [0.15, 0.2) is 30.5 Å². The first-order chi connectivity index (χ1) is 13.4. The van der Waals surface area contributed by atoms with Crippen LogP contribution in [0.5, 0.6) is 11.5 Å². The number of carboxylic acids is 1. The molecule has 28 heavy (non-hydrogen) atoms. The van der Waals surface area contributed by atoms with E-state index in [2.05, 4.69) is 11.9 Å². The Kier molecular flexibility index (Phi) is 6.04. The Bertz CT molecular complexity index is 885. The van der Waals surface area contributed by atoms with E-state index in [1.807, 2.05) is 25.3 Å². The summed E-state index contributed by atoms with van der Waals surface area (Å²) in [6.45, 7) is 3.82. The zero-order chi connectivity index (χ0) is 20.3. The molecule has 1 aromatic carbocycles. The number of hydrogen-bond acceptors (Lipinski definition) is 5. The standard InChI is InChI=1S/C20H21ClN2O5/c1-3-13-4-5-15(22-10-13)12(2)28-17-9-18-16(8-14(17)21)23(7-6-20(25)26)19(24)11-27-18/h4-5,8-10,12H,3,6-7,11H2,1-2H3,(H,25,26). The van der Waals surface area contributed by atoms with Crippen molar-refractivity contribution in [2.45, 2.75) is 32.8 Å². The summed E-state index contributed by atoms with van der Waals surface area (Å²) in [5.41, 5.74) is 2.35. The minimum Gasteiger partial charge on any atom is -0.483 e. The van der Waals surface area contributed by atoms with Crippen LogP contribution in [0.1, 0.15) is 37.6 Å². The van der Waals surface area contributed by atoms with Crippen LogP contribution in [0.2, 0.25) is 5.02 Å². The maximum Gasteiger partial charge on any atom is 0.305 e. The first-order valence-electron chi connectivity index (χ1n) is 8.99. The van der Waals surface area contributed by atoms with Gasteiger partial charge in [0.25, 0.3) is 5.91 Å². The Morgan fingerprint density at radius 2 is 2.21 bits per heavy atom. The predicted molar refractivity (Wildman–Crippen MR) is 104 cm³/mol. The third-order valence-electron chi connectivity index (χ3n) is 4.48. The molecule has 0 bridgehead atoms. The maximum atomic E-state index is 12.1. The molecule has 1 atom stereocenters. The molecule has 0 fully saturated rings. The highest BCUT2D eigenvalue weighted by Crippen LogP contribution is 2.41. The molecule has 7 nitrogen and oxygen atoms in total. The largest absolute Gasteiger partial charge is 0.483 e. The second-order valence-electron chi connectivity index (χ2n) is 6.43. The van der Waals surface area contributed by atoms with Crippen LogP contribution in [0.4, 0.5) is 5.69 Å². The van der Waals surface area contributed by atoms with Gasteiger partial charge in [0.05, 0.1) is 22.8 Å². The van der Waals surface area contributed by atoms with E-state index in [9.17, 15) is 9.59 Å². The van der Waals surface area contributed by atoms with Crippen molar-refractivity contribution in [3.05, 3.63) is 46.7 Å². The lowest BCUT2D eigenvalue weighted by atomic mass is 10.1. The van der Waals surface area contributed by atoms with Crippen LogP contribution in [-0.2, 0) is 16.0 Å². The number of anilines is 1. The molecule has 0 spiro atoms. The van der Waals surface area contributed by atoms with Gasteiger partial charge >= 0.3 is 5.97 Å². The Hall–Kier alpha value is -2.80. The van der Waals surface area contributed by atoms with Gasteiger partial charge in [0.2, 0.25) is 0 Å². The zero-order valence-electron chi connectivity index (χ0n) is 15.6. The normalized spacial score (nSPS) is 14.2. The van der Waals surface area contributed by atoms with Crippen LogP contribution in [0.3, 0.4) is 0 Å². The first kappa shape index (κ1) is 19.9. The molecule has 1 aliphatic heterocycles. The molecule has 0 saturated heterocycles. The number of amides is 1. The summed E-state index contributed by atoms with van der Waals surface area (Å²) in [6, 6.07) is 7.10. The van der Waals surface area contributed by atoms with E-state index in [0.29, 0.717) is 22.2 Å². The van der Waals surface area contributed by atoms with E-state index in [4.69, 9.17) is 26.2 Å². The first-order valence-corrected chi connectivity index (χ1v) is 9.36. The quantitative estimate of drug-likeness (QED) is 0.757. The molecule has 1 aliphatic rings. The van der Waals surface area contributed by atoms with E-state index in [-0.39, 0.29) is 31.6 Å². The van der Waals surface area contributed by atoms with Gasteiger partial charge in [0, 0.05) is 18.8 Å². The number of nitrogens with zero attached hydrogens (tertiary/aromatic N) is 2. The summed E-state index contributed by atoms with van der Waals surface area (Å²) in [7, 11) is 0. The van der Waals surface area contributed by atoms with Crippen molar-refractivity contribution < 1.29 is 24.2 Å². The van der Waals surface area contributed by atoms with Crippen LogP contribution in [-0.4, -0.2) is 35.1 Å². The molecule has 8 heteroatoms. The maximum absolute atomic E-state index is 12.1. The molecule has 148 valence electrons. The van der Waals surface area contributed by atoms with Crippen LogP contribution in [0, 0.1) is 0 Å². The highest BCUT2D eigenvalue weighted by Gasteiger charge is 2.28. The molecule has 1 N–H and O–H groups in total. The van der Waals surface area contributed by atoms with Gasteiger partial charge in [0.1, 0.15) is 17.6 Å². The monoisotopic (exact) mass is 404 g/mol. The van der Waals surface area contributed by atoms with Gasteiger partial charge in [0.15, 0.2) is 6.61 Å². The summed E-state index contributed by atoms with van der Waals surface area (Å²) in [4.78, 5) is 28.8. The molecular formula is C20H21ClN2O5. The average molecular weight is 405 g/mol. The second-order valence-corrected chi connectivity index (χ2v) is 6.84. The topological polar surface area (TPSA) is 89.0 Å². The molecule has 0 aliphatic carbocycles. The van der Waals surface area contributed by atoms with Crippen LogP contribution < -0.4 is 14.4 Å². The van der Waals surface area contributed by atoms with Crippen molar-refractivity contribution in [2.24, 2.45) is 0 Å². The van der Waals surface area contributed by atoms with Crippen molar-refractivity contribution in [1.29, 1.82) is 0 Å². The SMILES string of the molecule is CCc1ccc(C(C)Oc2cc3c(cc2Cl)N(CCC(=O)O)C(=O)CO3)nc1. The Morgan fingerprint density at radius 3 is 2.86 bits per heavy atom. The Labute approximate surface area is 167 Å². The van der Waals surface area contributed by atoms with Gasteiger partial charge in [-0.2, -0.15) is 0 Å². The van der Waals surface area contributed by atoms with Crippen molar-refractivity contribution in [3.63, 3.8) is 0 Å². The van der Waals surface area contributed by atoms with Crippen LogP contribution in [0.25, 0.3) is 0 Å². The summed E-state index contributed by atoms with van der Waals surface area (Å²) in [5.74, 6) is -0.470. The molecule has 2 heterocycles. The summed E-state index contributed by atoms with van der Waals surface area (Å²) >= 11 is 6.36. The van der Waals surface area contributed by atoms with Gasteiger partial charge < -0.3 is 19.5 Å². The molecule has 1 unspecified atom stereocenters. The summed E-state index contributed by atoms with van der Waals surface area (Å²) in [5, 5.41) is 9.20. The number of aromatic nitrogens is 1.